The van der Waals surface area contributed by atoms with Gasteiger partial charge in [0, 0.05) is 23.9 Å². The van der Waals surface area contributed by atoms with E-state index in [1.807, 2.05) is 18.2 Å². The van der Waals surface area contributed by atoms with Crippen molar-refractivity contribution < 1.29 is 17.9 Å². The molecule has 2 aromatic carbocycles. The quantitative estimate of drug-likeness (QED) is 0.569. The third kappa shape index (κ3) is 4.24. The van der Waals surface area contributed by atoms with Crippen LogP contribution in [0, 0.1) is 6.92 Å². The molecule has 0 amide bonds. The van der Waals surface area contributed by atoms with Crippen molar-refractivity contribution in [2.24, 2.45) is 0 Å². The lowest BCUT2D eigenvalue weighted by molar-refractivity contribution is -0.138. The Balaban J connectivity index is 1.58. The summed E-state index contributed by atoms with van der Waals surface area (Å²) in [7, 11) is 2.09. The number of alkyl halides is 3. The normalized spacial score (nSPS) is 18.8. The number of rotatable bonds is 5. The number of hydrogen-bond acceptors (Lipinski definition) is 5. The number of nitrogens with one attached hydrogen (secondary N) is 1. The third-order valence-electron chi connectivity index (χ3n) is 6.61. The lowest BCUT2D eigenvalue weighted by Gasteiger charge is -2.33. The molecule has 0 saturated carbocycles. The van der Waals surface area contributed by atoms with E-state index in [2.05, 4.69) is 41.3 Å². The van der Waals surface area contributed by atoms with Crippen molar-refractivity contribution in [3.05, 3.63) is 59.3 Å². The highest BCUT2D eigenvalue weighted by Gasteiger charge is 2.40. The number of halogens is 3. The monoisotopic (exact) mass is 444 g/mol. The molecule has 1 aliphatic rings. The minimum Gasteiger partial charge on any atom is -0.488 e. The number of benzene rings is 2. The van der Waals surface area contributed by atoms with Crippen molar-refractivity contribution in [3.63, 3.8) is 0 Å². The largest absolute Gasteiger partial charge is 0.488 e. The lowest BCUT2D eigenvalue weighted by atomic mass is 9.99. The molecule has 1 aliphatic heterocycles. The van der Waals surface area contributed by atoms with E-state index in [1.165, 1.54) is 13.0 Å². The summed E-state index contributed by atoms with van der Waals surface area (Å²) in [5, 5.41) is 13.1. The first-order valence-electron chi connectivity index (χ1n) is 10.6. The fourth-order valence-electron chi connectivity index (χ4n) is 4.19. The highest BCUT2D eigenvalue weighted by molar-refractivity contribution is 5.92. The summed E-state index contributed by atoms with van der Waals surface area (Å²) in [6, 6.07) is 9.96. The lowest BCUT2D eigenvalue weighted by Crippen LogP contribution is -2.45. The fourth-order valence-corrected chi connectivity index (χ4v) is 4.19. The van der Waals surface area contributed by atoms with Crippen LogP contribution < -0.4 is 10.1 Å². The molecule has 0 aliphatic carbocycles. The van der Waals surface area contributed by atoms with E-state index in [4.69, 9.17) is 4.74 Å². The Morgan fingerprint density at radius 1 is 1.22 bits per heavy atom. The molecule has 1 N–H and O–H groups in total. The van der Waals surface area contributed by atoms with Gasteiger partial charge >= 0.3 is 6.18 Å². The maximum atomic E-state index is 13.2. The number of hydrogen-bond donors (Lipinski definition) is 1. The van der Waals surface area contributed by atoms with Crippen molar-refractivity contribution in [1.82, 2.24) is 15.1 Å². The second-order valence-corrected chi connectivity index (χ2v) is 8.85. The van der Waals surface area contributed by atoms with Gasteiger partial charge in [0.05, 0.1) is 17.3 Å². The Morgan fingerprint density at radius 3 is 2.69 bits per heavy atom. The van der Waals surface area contributed by atoms with Crippen molar-refractivity contribution in [3.8, 4) is 5.75 Å². The molecule has 0 bridgehead atoms. The van der Waals surface area contributed by atoms with Gasteiger partial charge < -0.3 is 10.1 Å². The van der Waals surface area contributed by atoms with Crippen molar-refractivity contribution in [2.45, 2.75) is 51.6 Å². The van der Waals surface area contributed by atoms with Gasteiger partial charge in [0.25, 0.3) is 0 Å². The van der Waals surface area contributed by atoms with Crippen molar-refractivity contribution in [2.75, 3.05) is 18.9 Å². The SMILES string of the molecule is Cc1c(CNc2nncc3ccc(OC4CCN(C)C4(C)C)cc23)cccc1C(F)(F)F. The van der Waals surface area contributed by atoms with E-state index in [-0.39, 0.29) is 23.8 Å². The molecule has 0 spiro atoms. The zero-order valence-electron chi connectivity index (χ0n) is 18.6. The Morgan fingerprint density at radius 2 is 2.00 bits per heavy atom. The number of likely N-dealkylation sites (tertiary alicyclic amines) is 1. The molecule has 5 nitrogen and oxygen atoms in total. The van der Waals surface area contributed by atoms with Crippen LogP contribution in [0.15, 0.2) is 42.6 Å². The van der Waals surface area contributed by atoms with Gasteiger partial charge in [-0.15, -0.1) is 5.10 Å². The van der Waals surface area contributed by atoms with Crippen LogP contribution in [0.2, 0.25) is 0 Å². The number of aromatic nitrogens is 2. The number of ether oxygens (including phenoxy) is 1. The van der Waals surface area contributed by atoms with Gasteiger partial charge in [0.2, 0.25) is 0 Å². The molecule has 3 aromatic rings. The molecular formula is C24H27F3N4O. The summed E-state index contributed by atoms with van der Waals surface area (Å²) in [5.41, 5.74) is 0.0628. The van der Waals surface area contributed by atoms with Crippen LogP contribution in [-0.4, -0.2) is 40.3 Å². The number of likely N-dealkylation sites (N-methyl/N-ethyl adjacent to an activating group) is 1. The van der Waals surface area contributed by atoms with E-state index in [0.717, 1.165) is 35.6 Å². The molecule has 4 rings (SSSR count). The van der Waals surface area contributed by atoms with Crippen LogP contribution in [0.5, 0.6) is 5.75 Å². The molecule has 1 atom stereocenters. The van der Waals surface area contributed by atoms with Crippen molar-refractivity contribution in [1.29, 1.82) is 0 Å². The van der Waals surface area contributed by atoms with Crippen LogP contribution in [0.3, 0.4) is 0 Å². The fraction of sp³-hybridized carbons (Fsp3) is 0.417. The summed E-state index contributed by atoms with van der Waals surface area (Å²) >= 11 is 0. The van der Waals surface area contributed by atoms with Crippen LogP contribution in [0.4, 0.5) is 19.0 Å². The third-order valence-corrected chi connectivity index (χ3v) is 6.61. The van der Waals surface area contributed by atoms with E-state index >= 15 is 0 Å². The van der Waals surface area contributed by atoms with E-state index < -0.39 is 11.7 Å². The number of fused-ring (bicyclic) bond motifs is 1. The topological polar surface area (TPSA) is 50.3 Å². The molecule has 1 fully saturated rings. The number of nitrogens with zero attached hydrogens (tertiary/aromatic N) is 3. The predicted molar refractivity (Wildman–Crippen MR) is 119 cm³/mol. The van der Waals surface area contributed by atoms with Gasteiger partial charge in [-0.05, 0) is 69.6 Å². The molecule has 1 aromatic heterocycles. The van der Waals surface area contributed by atoms with Gasteiger partial charge in [-0.3, -0.25) is 4.90 Å². The predicted octanol–water partition coefficient (Wildman–Crippen LogP) is 5.43. The zero-order valence-corrected chi connectivity index (χ0v) is 18.6. The maximum absolute atomic E-state index is 13.2. The van der Waals surface area contributed by atoms with Gasteiger partial charge in [-0.25, -0.2) is 0 Å². The Bertz CT molecular complexity index is 1130. The summed E-state index contributed by atoms with van der Waals surface area (Å²) in [6.45, 7) is 7.00. The summed E-state index contributed by atoms with van der Waals surface area (Å²) in [6.07, 6.45) is -1.72. The summed E-state index contributed by atoms with van der Waals surface area (Å²) in [5.74, 6) is 1.24. The van der Waals surface area contributed by atoms with Crippen molar-refractivity contribution >= 4 is 16.6 Å². The maximum Gasteiger partial charge on any atom is 0.416 e. The van der Waals surface area contributed by atoms with Crippen LogP contribution >= 0.6 is 0 Å². The first kappa shape index (κ1) is 22.3. The van der Waals surface area contributed by atoms with Crippen LogP contribution in [0.25, 0.3) is 10.8 Å². The Kier molecular flexibility index (Phi) is 5.75. The first-order chi connectivity index (χ1) is 15.1. The second-order valence-electron chi connectivity index (χ2n) is 8.85. The van der Waals surface area contributed by atoms with E-state index in [1.54, 1.807) is 12.3 Å². The smallest absolute Gasteiger partial charge is 0.416 e. The minimum atomic E-state index is -4.38. The minimum absolute atomic E-state index is 0.0592. The second kappa shape index (κ2) is 8.24. The highest BCUT2D eigenvalue weighted by atomic mass is 19.4. The molecule has 2 heterocycles. The Hall–Kier alpha value is -2.87. The van der Waals surface area contributed by atoms with Gasteiger partial charge in [-0.2, -0.15) is 18.3 Å². The average molecular weight is 445 g/mol. The summed E-state index contributed by atoms with van der Waals surface area (Å²) < 4.78 is 46.0. The molecular weight excluding hydrogens is 417 g/mol. The molecule has 1 saturated heterocycles. The van der Waals surface area contributed by atoms with Crippen LogP contribution in [0.1, 0.15) is 37.0 Å². The zero-order chi connectivity index (χ0) is 23.1. The molecule has 8 heteroatoms. The Labute approximate surface area is 185 Å². The molecule has 1 unspecified atom stereocenters. The summed E-state index contributed by atoms with van der Waals surface area (Å²) in [4.78, 5) is 2.29. The highest BCUT2D eigenvalue weighted by Crippen LogP contribution is 2.34. The molecule has 32 heavy (non-hydrogen) atoms. The number of anilines is 1. The van der Waals surface area contributed by atoms with Gasteiger partial charge in [0.1, 0.15) is 11.9 Å². The average Bonchev–Trinajstić information content (AvgIpc) is 2.98. The van der Waals surface area contributed by atoms with Gasteiger partial charge in [0.15, 0.2) is 5.82 Å². The van der Waals surface area contributed by atoms with E-state index in [0.29, 0.717) is 11.4 Å². The standard InChI is InChI=1S/C24H27F3N4O/c1-15-16(6-5-7-20(15)24(25,26)27)13-28-22-19-12-18(9-8-17(19)14-29-30-22)32-21-10-11-31(4)23(21,2)3/h5-9,12,14,21H,10-11,13H2,1-4H3,(H,28,30). The molecule has 170 valence electrons. The molecule has 0 radical (unpaired) electrons. The van der Waals surface area contributed by atoms with E-state index in [9.17, 15) is 13.2 Å². The van der Waals surface area contributed by atoms with Gasteiger partial charge in [-0.1, -0.05) is 12.1 Å². The van der Waals surface area contributed by atoms with Crippen LogP contribution in [-0.2, 0) is 12.7 Å². The first-order valence-corrected chi connectivity index (χ1v) is 10.6.